The first-order valence-electron chi connectivity index (χ1n) is 4.57. The van der Waals surface area contributed by atoms with Crippen molar-refractivity contribution in [1.29, 1.82) is 5.26 Å². The van der Waals surface area contributed by atoms with Crippen LogP contribution in [0.15, 0.2) is 18.2 Å². The van der Waals surface area contributed by atoms with E-state index in [-0.39, 0.29) is 11.3 Å². The molecule has 1 atom stereocenters. The fraction of sp³-hybridized carbons (Fsp3) is 0.273. The standard InChI is InChI=1S/C11H10FNO2S/c1-7(11(14)15)16-6-9-3-2-8(5-13)4-10(9)12/h2-4,7H,6H2,1H3,(H,14,15). The maximum Gasteiger partial charge on any atom is 0.316 e. The van der Waals surface area contributed by atoms with E-state index in [4.69, 9.17) is 10.4 Å². The van der Waals surface area contributed by atoms with E-state index in [1.165, 1.54) is 12.1 Å². The molecule has 1 aromatic carbocycles. The molecule has 0 aromatic heterocycles. The zero-order valence-corrected chi connectivity index (χ0v) is 9.42. The van der Waals surface area contributed by atoms with E-state index in [1.807, 2.05) is 6.07 Å². The van der Waals surface area contributed by atoms with Crippen molar-refractivity contribution in [3.63, 3.8) is 0 Å². The second kappa shape index (κ2) is 5.52. The van der Waals surface area contributed by atoms with E-state index < -0.39 is 17.0 Å². The summed E-state index contributed by atoms with van der Waals surface area (Å²) >= 11 is 1.14. The van der Waals surface area contributed by atoms with Crippen molar-refractivity contribution >= 4 is 17.7 Å². The lowest BCUT2D eigenvalue weighted by molar-refractivity contribution is -0.136. The lowest BCUT2D eigenvalue weighted by Gasteiger charge is -2.06. The van der Waals surface area contributed by atoms with Gasteiger partial charge in [-0.2, -0.15) is 5.26 Å². The smallest absolute Gasteiger partial charge is 0.316 e. The molecule has 5 heteroatoms. The highest BCUT2D eigenvalue weighted by atomic mass is 32.2. The number of aliphatic carboxylic acids is 1. The number of hydrogen-bond donors (Lipinski definition) is 1. The van der Waals surface area contributed by atoms with Crippen LogP contribution in [0.5, 0.6) is 0 Å². The summed E-state index contributed by atoms with van der Waals surface area (Å²) in [5, 5.41) is 16.6. The van der Waals surface area contributed by atoms with Gasteiger partial charge < -0.3 is 5.11 Å². The molecule has 0 aliphatic carbocycles. The molecule has 0 bridgehead atoms. The van der Waals surface area contributed by atoms with Gasteiger partial charge in [0.1, 0.15) is 5.82 Å². The van der Waals surface area contributed by atoms with Crippen LogP contribution < -0.4 is 0 Å². The molecule has 0 saturated heterocycles. The van der Waals surface area contributed by atoms with Crippen LogP contribution in [0.4, 0.5) is 4.39 Å². The van der Waals surface area contributed by atoms with E-state index in [0.29, 0.717) is 5.56 Å². The minimum atomic E-state index is -0.918. The summed E-state index contributed by atoms with van der Waals surface area (Å²) in [6.45, 7) is 1.55. The first kappa shape index (κ1) is 12.5. The minimum absolute atomic E-state index is 0.262. The predicted octanol–water partition coefficient (Wildman–Crippen LogP) is 2.40. The van der Waals surface area contributed by atoms with E-state index in [2.05, 4.69) is 0 Å². The van der Waals surface area contributed by atoms with Crippen LogP contribution in [-0.4, -0.2) is 16.3 Å². The quantitative estimate of drug-likeness (QED) is 0.876. The van der Waals surface area contributed by atoms with Crippen molar-refractivity contribution in [3.05, 3.63) is 35.1 Å². The highest BCUT2D eigenvalue weighted by Gasteiger charge is 2.12. The van der Waals surface area contributed by atoms with Crippen LogP contribution >= 0.6 is 11.8 Å². The van der Waals surface area contributed by atoms with Crippen LogP contribution in [-0.2, 0) is 10.5 Å². The van der Waals surface area contributed by atoms with Gasteiger partial charge in [0.15, 0.2) is 0 Å². The molecule has 0 spiro atoms. The Kier molecular flexibility index (Phi) is 4.32. The average Bonchev–Trinajstić information content (AvgIpc) is 2.26. The zero-order valence-electron chi connectivity index (χ0n) is 8.61. The van der Waals surface area contributed by atoms with Crippen LogP contribution in [0.1, 0.15) is 18.1 Å². The topological polar surface area (TPSA) is 61.1 Å². The lowest BCUT2D eigenvalue weighted by atomic mass is 10.1. The molecule has 0 radical (unpaired) electrons. The summed E-state index contributed by atoms with van der Waals surface area (Å²) in [5.74, 6) is -1.10. The van der Waals surface area contributed by atoms with Gasteiger partial charge in [0.2, 0.25) is 0 Å². The summed E-state index contributed by atoms with van der Waals surface area (Å²) < 4.78 is 13.4. The van der Waals surface area contributed by atoms with Crippen molar-refractivity contribution in [3.8, 4) is 6.07 Å². The molecular weight excluding hydrogens is 229 g/mol. The highest BCUT2D eigenvalue weighted by Crippen LogP contribution is 2.20. The summed E-state index contributed by atoms with van der Waals surface area (Å²) in [7, 11) is 0. The number of benzene rings is 1. The molecule has 1 aromatic rings. The van der Waals surface area contributed by atoms with Gasteiger partial charge in [-0.3, -0.25) is 4.79 Å². The summed E-state index contributed by atoms with van der Waals surface area (Å²) in [6, 6.07) is 6.02. The third-order valence-electron chi connectivity index (χ3n) is 2.02. The zero-order chi connectivity index (χ0) is 12.1. The summed E-state index contributed by atoms with van der Waals surface area (Å²) in [4.78, 5) is 10.5. The molecule has 0 aliphatic heterocycles. The number of carbonyl (C=O) groups is 1. The van der Waals surface area contributed by atoms with Gasteiger partial charge in [-0.15, -0.1) is 11.8 Å². The number of carboxylic acids is 1. The third-order valence-corrected chi connectivity index (χ3v) is 3.20. The Hall–Kier alpha value is -1.54. The molecule has 0 fully saturated rings. The Morgan fingerprint density at radius 1 is 1.69 bits per heavy atom. The first-order chi connectivity index (χ1) is 7.54. The molecule has 16 heavy (non-hydrogen) atoms. The molecule has 84 valence electrons. The number of nitrogens with zero attached hydrogens (tertiary/aromatic N) is 1. The van der Waals surface area contributed by atoms with Crippen LogP contribution in [0.25, 0.3) is 0 Å². The van der Waals surface area contributed by atoms with Crippen LogP contribution in [0, 0.1) is 17.1 Å². The minimum Gasteiger partial charge on any atom is -0.480 e. The van der Waals surface area contributed by atoms with E-state index in [1.54, 1.807) is 6.92 Å². The molecular formula is C11H10FNO2S. The molecule has 1 N–H and O–H groups in total. The van der Waals surface area contributed by atoms with Gasteiger partial charge in [0.25, 0.3) is 0 Å². The number of nitriles is 1. The van der Waals surface area contributed by atoms with Crippen molar-refractivity contribution < 1.29 is 14.3 Å². The normalized spacial score (nSPS) is 11.8. The molecule has 1 rings (SSSR count). The monoisotopic (exact) mass is 239 g/mol. The number of halogens is 1. The predicted molar refractivity (Wildman–Crippen MR) is 59.5 cm³/mol. The van der Waals surface area contributed by atoms with Gasteiger partial charge >= 0.3 is 5.97 Å². The third kappa shape index (κ3) is 3.24. The van der Waals surface area contributed by atoms with Gasteiger partial charge in [-0.25, -0.2) is 4.39 Å². The maximum absolute atomic E-state index is 13.4. The highest BCUT2D eigenvalue weighted by molar-refractivity contribution is 7.99. The second-order valence-electron chi connectivity index (χ2n) is 3.21. The van der Waals surface area contributed by atoms with Crippen molar-refractivity contribution in [2.24, 2.45) is 0 Å². The number of thioether (sulfide) groups is 1. The lowest BCUT2D eigenvalue weighted by Crippen LogP contribution is -2.11. The Morgan fingerprint density at radius 3 is 2.88 bits per heavy atom. The van der Waals surface area contributed by atoms with Crippen molar-refractivity contribution in [2.45, 2.75) is 17.9 Å². The maximum atomic E-state index is 13.4. The van der Waals surface area contributed by atoms with Crippen molar-refractivity contribution in [2.75, 3.05) is 0 Å². The Bertz CT molecular complexity index is 442. The summed E-state index contributed by atoms with van der Waals surface area (Å²) in [5.41, 5.74) is 0.676. The first-order valence-corrected chi connectivity index (χ1v) is 5.62. The molecule has 1 unspecified atom stereocenters. The molecule has 0 amide bonds. The fourth-order valence-corrected chi connectivity index (χ4v) is 1.83. The van der Waals surface area contributed by atoms with Gasteiger partial charge in [0, 0.05) is 5.75 Å². The molecule has 3 nitrogen and oxygen atoms in total. The number of hydrogen-bond acceptors (Lipinski definition) is 3. The van der Waals surface area contributed by atoms with Gasteiger partial charge in [-0.05, 0) is 24.6 Å². The van der Waals surface area contributed by atoms with Crippen LogP contribution in [0.2, 0.25) is 0 Å². The van der Waals surface area contributed by atoms with E-state index in [9.17, 15) is 9.18 Å². The Balaban J connectivity index is 2.69. The number of carboxylic acid groups (broad SMARTS) is 1. The Morgan fingerprint density at radius 2 is 2.38 bits per heavy atom. The van der Waals surface area contributed by atoms with Gasteiger partial charge in [-0.1, -0.05) is 6.07 Å². The van der Waals surface area contributed by atoms with E-state index in [0.717, 1.165) is 17.8 Å². The van der Waals surface area contributed by atoms with Crippen LogP contribution in [0.3, 0.4) is 0 Å². The SMILES string of the molecule is CC(SCc1ccc(C#N)cc1F)C(=O)O. The van der Waals surface area contributed by atoms with Crippen molar-refractivity contribution in [1.82, 2.24) is 0 Å². The molecule has 0 aliphatic rings. The van der Waals surface area contributed by atoms with E-state index >= 15 is 0 Å². The molecule has 0 heterocycles. The second-order valence-corrected chi connectivity index (χ2v) is 4.54. The largest absolute Gasteiger partial charge is 0.480 e. The Labute approximate surface area is 96.9 Å². The van der Waals surface area contributed by atoms with Gasteiger partial charge in [0.05, 0.1) is 16.9 Å². The summed E-state index contributed by atoms with van der Waals surface area (Å²) in [6.07, 6.45) is 0. The fourth-order valence-electron chi connectivity index (χ4n) is 1.02. The average molecular weight is 239 g/mol. The molecule has 0 saturated carbocycles. The number of rotatable bonds is 4.